The molecule has 7 nitrogen and oxygen atoms in total. The van der Waals surface area contributed by atoms with E-state index in [1.54, 1.807) is 24.3 Å². The molecule has 3 rings (SSSR count). The van der Waals surface area contributed by atoms with Crippen molar-refractivity contribution in [3.63, 3.8) is 0 Å². The third kappa shape index (κ3) is 2.16. The second-order valence-electron chi connectivity index (χ2n) is 4.29. The Labute approximate surface area is 123 Å². The quantitative estimate of drug-likeness (QED) is 0.815. The molecule has 0 saturated heterocycles. The summed E-state index contributed by atoms with van der Waals surface area (Å²) in [6.07, 6.45) is 0. The highest BCUT2D eigenvalue weighted by Crippen LogP contribution is 2.26. The van der Waals surface area contributed by atoms with Crippen molar-refractivity contribution < 1.29 is 4.79 Å². The summed E-state index contributed by atoms with van der Waals surface area (Å²) in [6, 6.07) is 8.34. The number of carbonyl (C=O) groups excluding carboxylic acids is 1. The lowest BCUT2D eigenvalue weighted by molar-refractivity contribution is 0.0908. The third-order valence-corrected chi connectivity index (χ3v) is 3.26. The lowest BCUT2D eigenvalue weighted by Gasteiger charge is -2.22. The van der Waals surface area contributed by atoms with Gasteiger partial charge in [0.05, 0.1) is 12.2 Å². The van der Waals surface area contributed by atoms with Gasteiger partial charge in [0.25, 0.3) is 5.56 Å². The van der Waals surface area contributed by atoms with E-state index in [0.29, 0.717) is 10.6 Å². The zero-order valence-electron chi connectivity index (χ0n) is 10.6. The van der Waals surface area contributed by atoms with Crippen molar-refractivity contribution in [2.45, 2.75) is 0 Å². The van der Waals surface area contributed by atoms with Crippen LogP contribution >= 0.6 is 11.6 Å². The second kappa shape index (κ2) is 5.01. The number of fused-ring (bicyclic) bond motifs is 1. The van der Waals surface area contributed by atoms with E-state index >= 15 is 0 Å². The van der Waals surface area contributed by atoms with Crippen LogP contribution in [0.5, 0.6) is 0 Å². The maximum atomic E-state index is 12.1. The van der Waals surface area contributed by atoms with Gasteiger partial charge in [-0.15, -0.1) is 0 Å². The van der Waals surface area contributed by atoms with Crippen LogP contribution in [0.2, 0.25) is 5.02 Å². The lowest BCUT2D eigenvalue weighted by atomic mass is 10.1. The molecule has 8 heteroatoms. The van der Waals surface area contributed by atoms with E-state index < -0.39 is 5.56 Å². The van der Waals surface area contributed by atoms with Gasteiger partial charge in [0.1, 0.15) is 11.6 Å². The minimum absolute atomic E-state index is 0.0169. The Morgan fingerprint density at radius 3 is 2.67 bits per heavy atom. The molecule has 0 atom stereocenters. The molecule has 0 fully saturated rings. The van der Waals surface area contributed by atoms with Gasteiger partial charge in [-0.3, -0.25) is 15.0 Å². The maximum absolute atomic E-state index is 12.1. The van der Waals surface area contributed by atoms with Crippen LogP contribution in [0.3, 0.4) is 0 Å². The van der Waals surface area contributed by atoms with Crippen molar-refractivity contribution in [3.8, 4) is 17.3 Å². The predicted octanol–water partition coefficient (Wildman–Crippen LogP) is 1.01. The number of halogens is 1. The molecule has 0 saturated carbocycles. The number of hydrogen-bond donors (Lipinski definition) is 2. The fourth-order valence-electron chi connectivity index (χ4n) is 2.11. The molecule has 1 aromatic carbocycles. The first-order valence-electron chi connectivity index (χ1n) is 5.97. The first kappa shape index (κ1) is 13.3. The average Bonchev–Trinajstić information content (AvgIpc) is 2.47. The highest BCUT2D eigenvalue weighted by molar-refractivity contribution is 6.30. The van der Waals surface area contributed by atoms with Gasteiger partial charge in [-0.2, -0.15) is 10.2 Å². The van der Waals surface area contributed by atoms with Crippen LogP contribution in [0.1, 0.15) is 10.4 Å². The van der Waals surface area contributed by atoms with Gasteiger partial charge in [-0.25, -0.2) is 9.99 Å². The largest absolute Gasteiger partial charge is 0.293 e. The summed E-state index contributed by atoms with van der Waals surface area (Å²) in [5.74, 6) is -0.266. The fraction of sp³-hybridized carbons (Fsp3) is 0.0769. The highest BCUT2D eigenvalue weighted by atomic mass is 35.5. The van der Waals surface area contributed by atoms with Crippen LogP contribution < -0.4 is 16.4 Å². The number of nitrogens with zero attached hydrogens (tertiary/aromatic N) is 3. The SMILES string of the molecule is N#Cc1c(-c2ccc(Cl)cc2)n2c(nc1=O)NNCC2=O. The Balaban J connectivity index is 2.39. The van der Waals surface area contributed by atoms with E-state index in [4.69, 9.17) is 11.6 Å². The van der Waals surface area contributed by atoms with Crippen molar-refractivity contribution in [1.82, 2.24) is 15.0 Å². The van der Waals surface area contributed by atoms with Gasteiger partial charge < -0.3 is 0 Å². The first-order chi connectivity index (χ1) is 10.1. The van der Waals surface area contributed by atoms with E-state index in [-0.39, 0.29) is 29.7 Å². The fourth-order valence-corrected chi connectivity index (χ4v) is 2.23. The third-order valence-electron chi connectivity index (χ3n) is 3.01. The molecule has 21 heavy (non-hydrogen) atoms. The Morgan fingerprint density at radius 2 is 2.00 bits per heavy atom. The molecular weight excluding hydrogens is 294 g/mol. The van der Waals surface area contributed by atoms with Crippen molar-refractivity contribution >= 4 is 23.5 Å². The average molecular weight is 302 g/mol. The Hall–Kier alpha value is -2.69. The number of hydrogen-bond acceptors (Lipinski definition) is 6. The molecule has 1 aromatic heterocycles. The Morgan fingerprint density at radius 1 is 1.29 bits per heavy atom. The number of nitrogens with one attached hydrogen (secondary N) is 2. The summed E-state index contributed by atoms with van der Waals surface area (Å²) in [4.78, 5) is 27.7. The normalized spacial score (nSPS) is 13.2. The van der Waals surface area contributed by atoms with Crippen LogP contribution in [-0.2, 0) is 0 Å². The van der Waals surface area contributed by atoms with Crippen molar-refractivity contribution in [2.75, 3.05) is 12.0 Å². The predicted molar refractivity (Wildman–Crippen MR) is 75.9 cm³/mol. The second-order valence-corrected chi connectivity index (χ2v) is 4.73. The molecule has 2 heterocycles. The van der Waals surface area contributed by atoms with Crippen LogP contribution in [-0.4, -0.2) is 22.0 Å². The summed E-state index contributed by atoms with van der Waals surface area (Å²) < 4.78 is 1.22. The topological polar surface area (TPSA) is 99.8 Å². The van der Waals surface area contributed by atoms with Crippen LogP contribution in [0.15, 0.2) is 29.1 Å². The van der Waals surface area contributed by atoms with E-state index in [1.807, 2.05) is 6.07 Å². The van der Waals surface area contributed by atoms with Gasteiger partial charge in [-0.1, -0.05) is 23.7 Å². The van der Waals surface area contributed by atoms with Gasteiger partial charge in [0.15, 0.2) is 0 Å². The molecule has 2 aromatic rings. The van der Waals surface area contributed by atoms with Crippen molar-refractivity contribution in [3.05, 3.63) is 45.2 Å². The minimum atomic E-state index is -0.697. The van der Waals surface area contributed by atoms with Crippen LogP contribution in [0.25, 0.3) is 11.3 Å². The maximum Gasteiger partial charge on any atom is 0.293 e. The minimum Gasteiger partial charge on any atom is -0.290 e. The number of nitriles is 1. The number of carbonyl (C=O) groups is 1. The Kier molecular flexibility index (Phi) is 3.17. The van der Waals surface area contributed by atoms with Gasteiger partial charge in [0, 0.05) is 10.6 Å². The first-order valence-corrected chi connectivity index (χ1v) is 6.35. The van der Waals surface area contributed by atoms with E-state index in [0.717, 1.165) is 0 Å². The van der Waals surface area contributed by atoms with Crippen LogP contribution in [0.4, 0.5) is 5.95 Å². The molecule has 1 aliphatic rings. The number of hydrazine groups is 1. The summed E-state index contributed by atoms with van der Waals surface area (Å²) in [5, 5.41) is 9.74. The number of anilines is 1. The number of rotatable bonds is 1. The molecular formula is C13H8ClN5O2. The summed E-state index contributed by atoms with van der Waals surface area (Å²) in [5.41, 5.74) is 5.14. The molecule has 104 valence electrons. The van der Waals surface area contributed by atoms with E-state index in [2.05, 4.69) is 15.8 Å². The number of aromatic nitrogens is 2. The molecule has 0 bridgehead atoms. The molecule has 0 unspecified atom stereocenters. The molecule has 0 spiro atoms. The van der Waals surface area contributed by atoms with Gasteiger partial charge in [-0.05, 0) is 12.1 Å². The molecule has 0 amide bonds. The van der Waals surface area contributed by atoms with Crippen molar-refractivity contribution in [2.24, 2.45) is 0 Å². The molecule has 0 radical (unpaired) electrons. The van der Waals surface area contributed by atoms with E-state index in [1.165, 1.54) is 4.57 Å². The van der Waals surface area contributed by atoms with Crippen molar-refractivity contribution in [1.29, 1.82) is 5.26 Å². The molecule has 0 aliphatic carbocycles. The summed E-state index contributed by atoms with van der Waals surface area (Å²) >= 11 is 5.84. The van der Waals surface area contributed by atoms with E-state index in [9.17, 15) is 14.9 Å². The van der Waals surface area contributed by atoms with Gasteiger partial charge >= 0.3 is 0 Å². The lowest BCUT2D eigenvalue weighted by Crippen LogP contribution is -2.42. The summed E-state index contributed by atoms with van der Waals surface area (Å²) in [7, 11) is 0. The summed E-state index contributed by atoms with van der Waals surface area (Å²) in [6.45, 7) is 0.0169. The highest BCUT2D eigenvalue weighted by Gasteiger charge is 2.25. The van der Waals surface area contributed by atoms with Gasteiger partial charge in [0.2, 0.25) is 11.9 Å². The molecule has 1 aliphatic heterocycles. The standard InChI is InChI=1S/C13H8ClN5O2/c14-8-3-1-7(2-4-8)11-9(5-15)12(21)17-13-18-16-6-10(20)19(11)13/h1-4,16H,6H2,(H,17,18,21). The number of benzene rings is 1. The monoisotopic (exact) mass is 301 g/mol. The molecule has 2 N–H and O–H groups in total. The smallest absolute Gasteiger partial charge is 0.290 e. The Bertz CT molecular complexity index is 835. The zero-order chi connectivity index (χ0) is 15.0. The zero-order valence-corrected chi connectivity index (χ0v) is 11.3. The van der Waals surface area contributed by atoms with Crippen LogP contribution in [0, 0.1) is 11.3 Å².